The van der Waals surface area contributed by atoms with E-state index in [4.69, 9.17) is 5.73 Å². The van der Waals surface area contributed by atoms with E-state index in [1.54, 1.807) is 24.3 Å². The van der Waals surface area contributed by atoms with Gasteiger partial charge in [0.2, 0.25) is 11.8 Å². The fourth-order valence-corrected chi connectivity index (χ4v) is 2.34. The van der Waals surface area contributed by atoms with E-state index in [0.29, 0.717) is 25.1 Å². The maximum atomic E-state index is 12.3. The smallest absolute Gasteiger partial charge is 0.251 e. The largest absolute Gasteiger partial charge is 0.370 e. The molecule has 0 aliphatic carbocycles. The molecule has 21 heavy (non-hydrogen) atoms. The van der Waals surface area contributed by atoms with Gasteiger partial charge in [0.25, 0.3) is 5.91 Å². The quantitative estimate of drug-likeness (QED) is 0.567. The Balaban J connectivity index is 1.86. The predicted octanol–water partition coefficient (Wildman–Crippen LogP) is 0.564. The van der Waals surface area contributed by atoms with Gasteiger partial charge in [0.15, 0.2) is 0 Å². The summed E-state index contributed by atoms with van der Waals surface area (Å²) < 4.78 is 0. The highest BCUT2D eigenvalue weighted by molar-refractivity contribution is 6.22. The van der Waals surface area contributed by atoms with Crippen molar-refractivity contribution in [2.24, 2.45) is 5.73 Å². The zero-order valence-corrected chi connectivity index (χ0v) is 11.7. The Hall–Kier alpha value is -2.21. The van der Waals surface area contributed by atoms with Crippen molar-refractivity contribution < 1.29 is 14.4 Å². The van der Waals surface area contributed by atoms with Crippen LogP contribution in [0.15, 0.2) is 30.3 Å². The second-order valence-corrected chi connectivity index (χ2v) is 5.04. The fraction of sp³-hybridized carbons (Fsp3) is 0.400. The molecule has 1 aliphatic rings. The molecule has 3 amide bonds. The number of primary amides is 1. The highest BCUT2D eigenvalue weighted by Gasteiger charge is 2.38. The molecule has 0 saturated carbocycles. The number of carbonyl (C=O) groups is 3. The van der Waals surface area contributed by atoms with E-state index in [-0.39, 0.29) is 24.1 Å². The maximum absolute atomic E-state index is 12.3. The van der Waals surface area contributed by atoms with Gasteiger partial charge in [-0.05, 0) is 31.5 Å². The number of amides is 3. The first kappa shape index (κ1) is 15.2. The lowest BCUT2D eigenvalue weighted by Crippen LogP contribution is -2.39. The Bertz CT molecular complexity index is 530. The molecular formula is C15H19N3O3. The first-order valence-corrected chi connectivity index (χ1v) is 7.03. The number of nitrogens with two attached hydrogens (primary N) is 1. The molecular weight excluding hydrogens is 270 g/mol. The molecule has 1 unspecified atom stereocenters. The standard InChI is InChI=1S/C15H19N3O3/c16-13(19)8-4-5-9-17-12-10-14(20)18(15(12)21)11-6-2-1-3-7-11/h1-3,6-7,12,17H,4-5,8-10H2,(H2,16,19). The number of hydrogen-bond donors (Lipinski definition) is 2. The van der Waals surface area contributed by atoms with Gasteiger partial charge in [0, 0.05) is 6.42 Å². The maximum Gasteiger partial charge on any atom is 0.251 e. The van der Waals surface area contributed by atoms with Gasteiger partial charge in [-0.15, -0.1) is 0 Å². The van der Waals surface area contributed by atoms with Crippen LogP contribution in [-0.2, 0) is 14.4 Å². The number of hydrogen-bond acceptors (Lipinski definition) is 4. The molecule has 2 rings (SSSR count). The number of benzene rings is 1. The molecule has 112 valence electrons. The summed E-state index contributed by atoms with van der Waals surface area (Å²) in [4.78, 5) is 36.1. The molecule has 1 heterocycles. The van der Waals surface area contributed by atoms with Crippen LogP contribution in [0.1, 0.15) is 25.7 Å². The average molecular weight is 289 g/mol. The molecule has 0 radical (unpaired) electrons. The number of rotatable bonds is 7. The van der Waals surface area contributed by atoms with Gasteiger partial charge in [-0.2, -0.15) is 0 Å². The van der Waals surface area contributed by atoms with Crippen molar-refractivity contribution in [1.82, 2.24) is 5.32 Å². The van der Waals surface area contributed by atoms with E-state index in [0.717, 1.165) is 6.42 Å². The summed E-state index contributed by atoms with van der Waals surface area (Å²) in [5.74, 6) is -0.737. The van der Waals surface area contributed by atoms with Gasteiger partial charge >= 0.3 is 0 Å². The van der Waals surface area contributed by atoms with Crippen LogP contribution in [-0.4, -0.2) is 30.3 Å². The minimum atomic E-state index is -0.480. The zero-order chi connectivity index (χ0) is 15.2. The van der Waals surface area contributed by atoms with Crippen LogP contribution in [0.2, 0.25) is 0 Å². The second kappa shape index (κ2) is 6.99. The zero-order valence-electron chi connectivity index (χ0n) is 11.7. The third-order valence-electron chi connectivity index (χ3n) is 3.40. The van der Waals surface area contributed by atoms with Crippen molar-refractivity contribution >= 4 is 23.4 Å². The van der Waals surface area contributed by atoms with Crippen molar-refractivity contribution in [3.63, 3.8) is 0 Å². The van der Waals surface area contributed by atoms with Crippen molar-refractivity contribution in [3.8, 4) is 0 Å². The van der Waals surface area contributed by atoms with Crippen LogP contribution in [0, 0.1) is 0 Å². The molecule has 0 spiro atoms. The number of unbranched alkanes of at least 4 members (excludes halogenated alkanes) is 1. The summed E-state index contributed by atoms with van der Waals surface area (Å²) in [6, 6.07) is 8.42. The van der Waals surface area contributed by atoms with E-state index >= 15 is 0 Å². The minimum absolute atomic E-state index is 0.170. The van der Waals surface area contributed by atoms with Crippen LogP contribution < -0.4 is 16.0 Å². The number of para-hydroxylation sites is 1. The molecule has 1 aromatic carbocycles. The Morgan fingerprint density at radius 2 is 1.95 bits per heavy atom. The summed E-state index contributed by atoms with van der Waals surface area (Å²) >= 11 is 0. The van der Waals surface area contributed by atoms with Crippen molar-refractivity contribution in [3.05, 3.63) is 30.3 Å². The lowest BCUT2D eigenvalue weighted by Gasteiger charge is -2.15. The Kier molecular flexibility index (Phi) is 5.05. The Labute approximate surface area is 123 Å². The third-order valence-corrected chi connectivity index (χ3v) is 3.40. The number of carbonyl (C=O) groups excluding carboxylic acids is 3. The third kappa shape index (κ3) is 3.88. The molecule has 1 fully saturated rings. The molecule has 1 aromatic rings. The number of nitrogens with zero attached hydrogens (tertiary/aromatic N) is 1. The molecule has 3 N–H and O–H groups in total. The van der Waals surface area contributed by atoms with Gasteiger partial charge in [-0.3, -0.25) is 14.4 Å². The van der Waals surface area contributed by atoms with Gasteiger partial charge in [-0.25, -0.2) is 4.90 Å². The number of anilines is 1. The Morgan fingerprint density at radius 3 is 2.62 bits per heavy atom. The van der Waals surface area contributed by atoms with Crippen molar-refractivity contribution in [2.75, 3.05) is 11.4 Å². The predicted molar refractivity (Wildman–Crippen MR) is 78.4 cm³/mol. The van der Waals surface area contributed by atoms with E-state index in [2.05, 4.69) is 5.32 Å². The summed E-state index contributed by atoms with van der Waals surface area (Å²) in [7, 11) is 0. The molecule has 6 heteroatoms. The normalized spacial score (nSPS) is 18.3. The van der Waals surface area contributed by atoms with E-state index in [1.165, 1.54) is 4.90 Å². The van der Waals surface area contributed by atoms with Gasteiger partial charge in [-0.1, -0.05) is 18.2 Å². The van der Waals surface area contributed by atoms with E-state index in [1.807, 2.05) is 6.07 Å². The lowest BCUT2D eigenvalue weighted by atomic mass is 10.2. The molecule has 1 aliphatic heterocycles. The molecule has 0 bridgehead atoms. The van der Waals surface area contributed by atoms with Gasteiger partial charge in [0.1, 0.15) is 0 Å². The highest BCUT2D eigenvalue weighted by atomic mass is 16.2. The highest BCUT2D eigenvalue weighted by Crippen LogP contribution is 2.22. The number of nitrogens with one attached hydrogen (secondary N) is 1. The van der Waals surface area contributed by atoms with Crippen LogP contribution in [0.3, 0.4) is 0 Å². The molecule has 1 saturated heterocycles. The average Bonchev–Trinajstić information content (AvgIpc) is 2.74. The fourth-order valence-electron chi connectivity index (χ4n) is 2.34. The SMILES string of the molecule is NC(=O)CCCCNC1CC(=O)N(c2ccccc2)C1=O. The molecule has 6 nitrogen and oxygen atoms in total. The number of imide groups is 1. The van der Waals surface area contributed by atoms with Crippen LogP contribution in [0.4, 0.5) is 5.69 Å². The van der Waals surface area contributed by atoms with Crippen molar-refractivity contribution in [2.45, 2.75) is 31.7 Å². The monoisotopic (exact) mass is 289 g/mol. The summed E-state index contributed by atoms with van der Waals surface area (Å²) in [5.41, 5.74) is 5.66. The van der Waals surface area contributed by atoms with Crippen LogP contribution in [0.5, 0.6) is 0 Å². The summed E-state index contributed by atoms with van der Waals surface area (Å²) in [6.07, 6.45) is 1.94. The summed E-state index contributed by atoms with van der Waals surface area (Å²) in [6.45, 7) is 0.583. The summed E-state index contributed by atoms with van der Waals surface area (Å²) in [5, 5.41) is 3.07. The van der Waals surface area contributed by atoms with Crippen LogP contribution >= 0.6 is 0 Å². The van der Waals surface area contributed by atoms with Crippen LogP contribution in [0.25, 0.3) is 0 Å². The molecule has 0 aromatic heterocycles. The topological polar surface area (TPSA) is 92.5 Å². The first-order valence-electron chi connectivity index (χ1n) is 7.03. The van der Waals surface area contributed by atoms with Gasteiger partial charge in [0.05, 0.1) is 18.2 Å². The van der Waals surface area contributed by atoms with E-state index in [9.17, 15) is 14.4 Å². The molecule has 1 atom stereocenters. The van der Waals surface area contributed by atoms with Gasteiger partial charge < -0.3 is 11.1 Å². The lowest BCUT2D eigenvalue weighted by molar-refractivity contribution is -0.122. The van der Waals surface area contributed by atoms with Crippen molar-refractivity contribution in [1.29, 1.82) is 0 Å². The second-order valence-electron chi connectivity index (χ2n) is 5.04. The van der Waals surface area contributed by atoms with E-state index < -0.39 is 6.04 Å². The Morgan fingerprint density at radius 1 is 1.24 bits per heavy atom. The first-order chi connectivity index (χ1) is 10.1. The minimum Gasteiger partial charge on any atom is -0.370 e.